The van der Waals surface area contributed by atoms with Gasteiger partial charge in [-0.05, 0) is 42.5 Å². The summed E-state index contributed by atoms with van der Waals surface area (Å²) in [5.41, 5.74) is 1.53. The number of para-hydroxylation sites is 1. The molecule has 1 N–H and O–H groups in total. The summed E-state index contributed by atoms with van der Waals surface area (Å²) in [5.74, 6) is 0.371. The molecule has 0 fully saturated rings. The number of nitrogens with one attached hydrogen (secondary N) is 1. The van der Waals surface area contributed by atoms with Crippen LogP contribution in [0.25, 0.3) is 6.08 Å². The van der Waals surface area contributed by atoms with Crippen LogP contribution in [0.4, 0.5) is 5.69 Å². The zero-order valence-electron chi connectivity index (χ0n) is 16.9. The van der Waals surface area contributed by atoms with Gasteiger partial charge in [0.2, 0.25) is 0 Å². The van der Waals surface area contributed by atoms with Crippen molar-refractivity contribution in [3.63, 3.8) is 0 Å². The highest BCUT2D eigenvalue weighted by Crippen LogP contribution is 2.30. The van der Waals surface area contributed by atoms with Gasteiger partial charge in [-0.2, -0.15) is 5.26 Å². The van der Waals surface area contributed by atoms with Gasteiger partial charge in [0.1, 0.15) is 29.7 Å². The minimum atomic E-state index is -0.594. The molecule has 0 aliphatic carbocycles. The van der Waals surface area contributed by atoms with Gasteiger partial charge in [-0.15, -0.1) is 0 Å². The van der Waals surface area contributed by atoms with Crippen LogP contribution >= 0.6 is 34.8 Å². The Morgan fingerprint density at radius 2 is 1.84 bits per heavy atom. The summed E-state index contributed by atoms with van der Waals surface area (Å²) in [5, 5.41) is 13.6. The van der Waals surface area contributed by atoms with Gasteiger partial charge in [0.05, 0.1) is 17.8 Å². The molecule has 5 nitrogen and oxygen atoms in total. The molecular formula is C24H17Cl3N2O3. The zero-order valence-corrected chi connectivity index (χ0v) is 19.1. The number of hydrogen-bond acceptors (Lipinski definition) is 4. The maximum Gasteiger partial charge on any atom is 0.266 e. The highest BCUT2D eigenvalue weighted by molar-refractivity contribution is 6.35. The highest BCUT2D eigenvalue weighted by Gasteiger charge is 2.14. The van der Waals surface area contributed by atoms with Crippen LogP contribution in [-0.2, 0) is 11.4 Å². The Balaban J connectivity index is 1.88. The van der Waals surface area contributed by atoms with Crippen LogP contribution in [0.15, 0.2) is 66.2 Å². The van der Waals surface area contributed by atoms with E-state index in [-0.39, 0.29) is 12.2 Å². The first-order chi connectivity index (χ1) is 15.4. The predicted octanol–water partition coefficient (Wildman–Crippen LogP) is 6.78. The number of rotatable bonds is 7. The summed E-state index contributed by atoms with van der Waals surface area (Å²) in [7, 11) is 1.53. The summed E-state index contributed by atoms with van der Waals surface area (Å²) in [4.78, 5) is 12.6. The summed E-state index contributed by atoms with van der Waals surface area (Å²) >= 11 is 18.3. The van der Waals surface area contributed by atoms with Gasteiger partial charge < -0.3 is 14.8 Å². The average Bonchev–Trinajstić information content (AvgIpc) is 2.78. The maximum atomic E-state index is 12.6. The molecule has 32 heavy (non-hydrogen) atoms. The zero-order chi connectivity index (χ0) is 23.1. The lowest BCUT2D eigenvalue weighted by Gasteiger charge is -2.13. The van der Waals surface area contributed by atoms with Crippen molar-refractivity contribution in [3.05, 3.63) is 92.4 Å². The molecule has 0 atom stereocenters. The summed E-state index contributed by atoms with van der Waals surface area (Å²) in [6, 6.07) is 18.8. The second kappa shape index (κ2) is 10.9. The standard InChI is InChI=1S/C24H17Cl3N2O3/c1-31-19-9-7-15(23(12-19)32-14-16-6-8-18(25)11-21(16)27)10-17(13-28)24(30)29-22-5-3-2-4-20(22)26/h2-12H,14H2,1H3,(H,29,30)/b17-10+. The number of benzene rings is 3. The summed E-state index contributed by atoms with van der Waals surface area (Å²) in [6.45, 7) is 0.151. The molecule has 0 saturated carbocycles. The Hall–Kier alpha value is -3.17. The average molecular weight is 488 g/mol. The van der Waals surface area contributed by atoms with Gasteiger partial charge >= 0.3 is 0 Å². The van der Waals surface area contributed by atoms with Crippen LogP contribution in [0, 0.1) is 11.3 Å². The largest absolute Gasteiger partial charge is 0.497 e. The van der Waals surface area contributed by atoms with Gasteiger partial charge in [-0.3, -0.25) is 4.79 Å². The van der Waals surface area contributed by atoms with Crippen molar-refractivity contribution < 1.29 is 14.3 Å². The van der Waals surface area contributed by atoms with E-state index >= 15 is 0 Å². The molecule has 0 bridgehead atoms. The number of carbonyl (C=O) groups excluding carboxylic acids is 1. The first kappa shape index (κ1) is 23.5. The lowest BCUT2D eigenvalue weighted by Crippen LogP contribution is -2.13. The molecule has 3 aromatic carbocycles. The lowest BCUT2D eigenvalue weighted by atomic mass is 10.1. The molecule has 3 aromatic rings. The molecule has 8 heteroatoms. The van der Waals surface area contributed by atoms with Crippen LogP contribution in [-0.4, -0.2) is 13.0 Å². The summed E-state index contributed by atoms with van der Waals surface area (Å²) < 4.78 is 11.2. The molecule has 0 aliphatic rings. The van der Waals surface area contributed by atoms with Gasteiger partial charge in [-0.25, -0.2) is 0 Å². The first-order valence-electron chi connectivity index (χ1n) is 9.33. The van der Waals surface area contributed by atoms with Crippen molar-refractivity contribution in [1.82, 2.24) is 0 Å². The van der Waals surface area contributed by atoms with E-state index in [9.17, 15) is 10.1 Å². The number of nitriles is 1. The topological polar surface area (TPSA) is 71.3 Å². The third kappa shape index (κ3) is 5.95. The Bertz CT molecular complexity index is 1220. The fourth-order valence-corrected chi connectivity index (χ4v) is 3.38. The van der Waals surface area contributed by atoms with Crippen molar-refractivity contribution in [2.24, 2.45) is 0 Å². The minimum Gasteiger partial charge on any atom is -0.497 e. The smallest absolute Gasteiger partial charge is 0.266 e. The van der Waals surface area contributed by atoms with Gasteiger partial charge in [0.15, 0.2) is 0 Å². The number of anilines is 1. The number of nitrogens with zero attached hydrogens (tertiary/aromatic N) is 1. The van der Waals surface area contributed by atoms with Gasteiger partial charge in [0.25, 0.3) is 5.91 Å². The Morgan fingerprint density at radius 1 is 1.06 bits per heavy atom. The Kier molecular flexibility index (Phi) is 8.02. The third-order valence-corrected chi connectivity index (χ3v) is 5.32. The van der Waals surface area contributed by atoms with Crippen LogP contribution in [0.5, 0.6) is 11.5 Å². The Labute approximate surface area is 200 Å². The second-order valence-corrected chi connectivity index (χ2v) is 7.78. The van der Waals surface area contributed by atoms with Crippen LogP contribution < -0.4 is 14.8 Å². The fraction of sp³-hybridized carbons (Fsp3) is 0.0833. The number of methoxy groups -OCH3 is 1. The van der Waals surface area contributed by atoms with Crippen molar-refractivity contribution in [2.45, 2.75) is 6.61 Å². The molecular weight excluding hydrogens is 471 g/mol. The fourth-order valence-electron chi connectivity index (χ4n) is 2.74. The minimum absolute atomic E-state index is 0.121. The van der Waals surface area contributed by atoms with E-state index in [1.54, 1.807) is 60.7 Å². The lowest BCUT2D eigenvalue weighted by molar-refractivity contribution is -0.112. The van der Waals surface area contributed by atoms with E-state index < -0.39 is 5.91 Å². The molecule has 0 unspecified atom stereocenters. The Morgan fingerprint density at radius 3 is 2.53 bits per heavy atom. The monoisotopic (exact) mass is 486 g/mol. The molecule has 0 heterocycles. The normalized spacial score (nSPS) is 10.9. The van der Waals surface area contributed by atoms with E-state index in [4.69, 9.17) is 44.3 Å². The SMILES string of the molecule is COc1ccc(/C=C(\C#N)C(=O)Nc2ccccc2Cl)c(OCc2ccc(Cl)cc2Cl)c1. The predicted molar refractivity (Wildman–Crippen MR) is 127 cm³/mol. The van der Waals surface area contributed by atoms with Gasteiger partial charge in [-0.1, -0.05) is 53.0 Å². The van der Waals surface area contributed by atoms with Crippen molar-refractivity contribution >= 4 is 52.5 Å². The van der Waals surface area contributed by atoms with E-state index in [1.807, 2.05) is 6.07 Å². The van der Waals surface area contributed by atoms with E-state index in [0.29, 0.717) is 37.8 Å². The molecule has 0 aliphatic heterocycles. The first-order valence-corrected chi connectivity index (χ1v) is 10.5. The van der Waals surface area contributed by atoms with Crippen molar-refractivity contribution in [3.8, 4) is 17.6 Å². The molecule has 0 aromatic heterocycles. The highest BCUT2D eigenvalue weighted by atomic mass is 35.5. The molecule has 162 valence electrons. The number of ether oxygens (including phenoxy) is 2. The number of hydrogen-bond donors (Lipinski definition) is 1. The summed E-state index contributed by atoms with van der Waals surface area (Å²) in [6.07, 6.45) is 1.43. The number of amides is 1. The molecule has 1 amide bonds. The number of halogens is 3. The second-order valence-electron chi connectivity index (χ2n) is 6.53. The quantitative estimate of drug-likeness (QED) is 0.294. The van der Waals surface area contributed by atoms with Crippen LogP contribution in [0.2, 0.25) is 15.1 Å². The van der Waals surface area contributed by atoms with Crippen LogP contribution in [0.3, 0.4) is 0 Å². The molecule has 3 rings (SSSR count). The van der Waals surface area contributed by atoms with Crippen molar-refractivity contribution in [1.29, 1.82) is 5.26 Å². The molecule has 0 saturated heterocycles. The van der Waals surface area contributed by atoms with Crippen LogP contribution in [0.1, 0.15) is 11.1 Å². The van der Waals surface area contributed by atoms with Crippen molar-refractivity contribution in [2.75, 3.05) is 12.4 Å². The van der Waals surface area contributed by atoms with E-state index in [0.717, 1.165) is 5.56 Å². The molecule has 0 spiro atoms. The van der Waals surface area contributed by atoms with Gasteiger partial charge in [0, 0.05) is 27.2 Å². The number of carbonyl (C=O) groups is 1. The van der Waals surface area contributed by atoms with E-state index in [1.165, 1.54) is 13.2 Å². The van der Waals surface area contributed by atoms with E-state index in [2.05, 4.69) is 5.32 Å². The molecule has 0 radical (unpaired) electrons. The maximum absolute atomic E-state index is 12.6. The third-order valence-electron chi connectivity index (χ3n) is 4.41.